The number of nitrogens with two attached hydrogens (primary N) is 1. The summed E-state index contributed by atoms with van der Waals surface area (Å²) < 4.78 is 0. The lowest BCUT2D eigenvalue weighted by Crippen LogP contribution is -2.07. The lowest BCUT2D eigenvalue weighted by molar-refractivity contribution is -0.385. The van der Waals surface area contributed by atoms with Crippen LogP contribution in [0, 0.1) is 17.0 Å². The maximum Gasteiger partial charge on any atom is 0.272 e. The van der Waals surface area contributed by atoms with Crippen LogP contribution in [0.5, 0.6) is 0 Å². The molecule has 0 aliphatic rings. The van der Waals surface area contributed by atoms with Gasteiger partial charge in [-0.15, -0.1) is 0 Å². The molecule has 0 bridgehead atoms. The molecule has 0 saturated heterocycles. The highest BCUT2D eigenvalue weighted by atomic mass is 32.2. The number of aryl methyl sites for hydroxylation is 1. The van der Waals surface area contributed by atoms with Gasteiger partial charge in [-0.2, -0.15) is 0 Å². The minimum absolute atomic E-state index is 0.0191. The number of rotatable bonds is 4. The van der Waals surface area contributed by atoms with E-state index in [2.05, 4.69) is 5.43 Å². The first kappa shape index (κ1) is 13.4. The Kier molecular flexibility index (Phi) is 4.03. The standard InChI is InChI=1S/C13H13N3O2S/c1-9-3-2-4-12(5-9)19-13-7-10(15-14)6-11(8-13)16(17)18/h2-8,15H,14H2,1H3. The highest BCUT2D eigenvalue weighted by molar-refractivity contribution is 7.99. The molecule has 0 heterocycles. The number of hydrazine groups is 1. The van der Waals surface area contributed by atoms with Crippen LogP contribution in [0.25, 0.3) is 0 Å². The first-order valence-corrected chi connectivity index (χ1v) is 6.41. The number of nitrogens with one attached hydrogen (secondary N) is 1. The molecule has 3 N–H and O–H groups in total. The van der Waals surface area contributed by atoms with Gasteiger partial charge in [0.15, 0.2) is 0 Å². The molecule has 0 aliphatic heterocycles. The third-order valence-corrected chi connectivity index (χ3v) is 3.46. The van der Waals surface area contributed by atoms with Crippen molar-refractivity contribution in [3.05, 3.63) is 58.1 Å². The van der Waals surface area contributed by atoms with E-state index in [9.17, 15) is 10.1 Å². The molecular weight excluding hydrogens is 262 g/mol. The normalized spacial score (nSPS) is 10.2. The Balaban J connectivity index is 2.34. The second-order valence-corrected chi connectivity index (χ2v) is 5.18. The summed E-state index contributed by atoms with van der Waals surface area (Å²) in [6.45, 7) is 2.00. The SMILES string of the molecule is Cc1cccc(Sc2cc(NN)cc([N+](=O)[O-])c2)c1. The number of hydrogen-bond donors (Lipinski definition) is 2. The van der Waals surface area contributed by atoms with Gasteiger partial charge in [0.2, 0.25) is 0 Å². The number of nitrogen functional groups attached to an aromatic ring is 1. The number of hydrogen-bond acceptors (Lipinski definition) is 5. The van der Waals surface area contributed by atoms with Crippen LogP contribution in [0.2, 0.25) is 0 Å². The summed E-state index contributed by atoms with van der Waals surface area (Å²) in [6.07, 6.45) is 0. The van der Waals surface area contributed by atoms with E-state index >= 15 is 0 Å². The lowest BCUT2D eigenvalue weighted by Gasteiger charge is -2.06. The smallest absolute Gasteiger partial charge is 0.272 e. The van der Waals surface area contributed by atoms with Crippen LogP contribution in [0.15, 0.2) is 52.3 Å². The molecule has 0 amide bonds. The van der Waals surface area contributed by atoms with Crippen molar-refractivity contribution in [3.63, 3.8) is 0 Å². The zero-order valence-electron chi connectivity index (χ0n) is 10.3. The number of nitro benzene ring substituents is 1. The predicted molar refractivity (Wildman–Crippen MR) is 76.2 cm³/mol. The lowest BCUT2D eigenvalue weighted by atomic mass is 10.2. The largest absolute Gasteiger partial charge is 0.324 e. The van der Waals surface area contributed by atoms with Crippen LogP contribution in [0.1, 0.15) is 5.56 Å². The molecule has 0 unspecified atom stereocenters. The van der Waals surface area contributed by atoms with Gasteiger partial charge in [0, 0.05) is 21.9 Å². The van der Waals surface area contributed by atoms with Crippen molar-refractivity contribution in [1.82, 2.24) is 0 Å². The summed E-state index contributed by atoms with van der Waals surface area (Å²) in [6, 6.07) is 12.7. The fourth-order valence-electron chi connectivity index (χ4n) is 1.65. The molecule has 5 nitrogen and oxygen atoms in total. The number of benzene rings is 2. The second kappa shape index (κ2) is 5.73. The van der Waals surface area contributed by atoms with Crippen molar-refractivity contribution < 1.29 is 4.92 Å². The average molecular weight is 275 g/mol. The molecular formula is C13H13N3O2S. The fourth-order valence-corrected chi connectivity index (χ4v) is 2.68. The summed E-state index contributed by atoms with van der Waals surface area (Å²) in [5.74, 6) is 5.32. The Labute approximate surface area is 114 Å². The maximum absolute atomic E-state index is 10.9. The van der Waals surface area contributed by atoms with Gasteiger partial charge < -0.3 is 5.43 Å². The first-order chi connectivity index (χ1) is 9.08. The van der Waals surface area contributed by atoms with Gasteiger partial charge in [-0.1, -0.05) is 29.5 Å². The summed E-state index contributed by atoms with van der Waals surface area (Å²) in [5.41, 5.74) is 4.12. The third-order valence-electron chi connectivity index (χ3n) is 2.49. The van der Waals surface area contributed by atoms with Gasteiger partial charge in [-0.05, 0) is 25.1 Å². The van der Waals surface area contributed by atoms with Gasteiger partial charge in [0.05, 0.1) is 10.6 Å². The predicted octanol–water partition coefficient (Wildman–Crippen LogP) is 3.34. The van der Waals surface area contributed by atoms with Crippen molar-refractivity contribution in [2.45, 2.75) is 16.7 Å². The van der Waals surface area contributed by atoms with Gasteiger partial charge in [-0.3, -0.25) is 16.0 Å². The van der Waals surface area contributed by atoms with Crippen molar-refractivity contribution in [2.24, 2.45) is 5.84 Å². The summed E-state index contributed by atoms with van der Waals surface area (Å²) in [7, 11) is 0. The van der Waals surface area contributed by atoms with E-state index in [4.69, 9.17) is 5.84 Å². The van der Waals surface area contributed by atoms with Crippen molar-refractivity contribution in [1.29, 1.82) is 0 Å². The van der Waals surface area contributed by atoms with Crippen LogP contribution >= 0.6 is 11.8 Å². The van der Waals surface area contributed by atoms with Crippen LogP contribution in [0.3, 0.4) is 0 Å². The average Bonchev–Trinajstić information content (AvgIpc) is 2.38. The Morgan fingerprint density at radius 1 is 1.21 bits per heavy atom. The number of anilines is 1. The monoisotopic (exact) mass is 275 g/mol. The van der Waals surface area contributed by atoms with Crippen LogP contribution < -0.4 is 11.3 Å². The molecule has 98 valence electrons. The molecule has 0 radical (unpaired) electrons. The topological polar surface area (TPSA) is 81.2 Å². The van der Waals surface area contributed by atoms with Crippen LogP contribution in [-0.2, 0) is 0 Å². The highest BCUT2D eigenvalue weighted by Gasteiger charge is 2.10. The highest BCUT2D eigenvalue weighted by Crippen LogP contribution is 2.32. The summed E-state index contributed by atoms with van der Waals surface area (Å²) in [4.78, 5) is 12.2. The minimum atomic E-state index is -0.429. The zero-order valence-corrected chi connectivity index (χ0v) is 11.1. The molecule has 6 heteroatoms. The van der Waals surface area contributed by atoms with Crippen molar-refractivity contribution in [3.8, 4) is 0 Å². The van der Waals surface area contributed by atoms with E-state index in [1.807, 2.05) is 31.2 Å². The molecule has 0 saturated carbocycles. The van der Waals surface area contributed by atoms with E-state index in [1.165, 1.54) is 23.9 Å². The Morgan fingerprint density at radius 2 is 2.00 bits per heavy atom. The molecule has 0 aromatic heterocycles. The number of nitrogens with zero attached hydrogens (tertiary/aromatic N) is 1. The number of non-ortho nitro benzene ring substituents is 1. The number of nitro groups is 1. The molecule has 0 fully saturated rings. The molecule has 0 spiro atoms. The first-order valence-electron chi connectivity index (χ1n) is 5.59. The van der Waals surface area contributed by atoms with E-state index in [0.29, 0.717) is 5.69 Å². The van der Waals surface area contributed by atoms with E-state index in [1.54, 1.807) is 6.07 Å². The van der Waals surface area contributed by atoms with Gasteiger partial charge in [0.1, 0.15) is 0 Å². The van der Waals surface area contributed by atoms with E-state index in [-0.39, 0.29) is 5.69 Å². The molecule has 19 heavy (non-hydrogen) atoms. The molecule has 0 aliphatic carbocycles. The van der Waals surface area contributed by atoms with Crippen molar-refractivity contribution >= 4 is 23.1 Å². The Bertz CT molecular complexity index is 617. The van der Waals surface area contributed by atoms with Crippen LogP contribution in [-0.4, -0.2) is 4.92 Å². The second-order valence-electron chi connectivity index (χ2n) is 4.04. The van der Waals surface area contributed by atoms with Gasteiger partial charge >= 0.3 is 0 Å². The van der Waals surface area contributed by atoms with E-state index < -0.39 is 4.92 Å². The quantitative estimate of drug-likeness (QED) is 0.508. The van der Waals surface area contributed by atoms with Gasteiger partial charge in [-0.25, -0.2) is 0 Å². The zero-order chi connectivity index (χ0) is 13.8. The molecule has 2 rings (SSSR count). The van der Waals surface area contributed by atoms with Gasteiger partial charge in [0.25, 0.3) is 5.69 Å². The fraction of sp³-hybridized carbons (Fsp3) is 0.0769. The minimum Gasteiger partial charge on any atom is -0.324 e. The molecule has 0 atom stereocenters. The molecule has 2 aromatic carbocycles. The Morgan fingerprint density at radius 3 is 2.63 bits per heavy atom. The van der Waals surface area contributed by atoms with Crippen LogP contribution in [0.4, 0.5) is 11.4 Å². The Hall–Kier alpha value is -2.05. The molecule has 2 aromatic rings. The maximum atomic E-state index is 10.9. The van der Waals surface area contributed by atoms with E-state index in [0.717, 1.165) is 15.4 Å². The summed E-state index contributed by atoms with van der Waals surface area (Å²) in [5, 5.41) is 10.9. The summed E-state index contributed by atoms with van der Waals surface area (Å²) >= 11 is 1.46. The van der Waals surface area contributed by atoms with Crippen molar-refractivity contribution in [2.75, 3.05) is 5.43 Å². The third kappa shape index (κ3) is 3.46.